The van der Waals surface area contributed by atoms with E-state index in [1.807, 2.05) is 0 Å². The molecule has 0 bridgehead atoms. The zero-order valence-corrected chi connectivity index (χ0v) is 8.95. The third kappa shape index (κ3) is 6.62. The van der Waals surface area contributed by atoms with Gasteiger partial charge in [-0.3, -0.25) is 9.36 Å². The highest BCUT2D eigenvalue weighted by molar-refractivity contribution is 7.57. The van der Waals surface area contributed by atoms with Crippen molar-refractivity contribution in [2.45, 2.75) is 19.4 Å². The molecule has 0 saturated carbocycles. The van der Waals surface area contributed by atoms with E-state index in [9.17, 15) is 14.2 Å². The Morgan fingerprint density at radius 2 is 2.00 bits per heavy atom. The van der Waals surface area contributed by atoms with Gasteiger partial charge in [0.2, 0.25) is 5.91 Å². The zero-order valence-electron chi connectivity index (χ0n) is 8.06. The van der Waals surface area contributed by atoms with Crippen LogP contribution in [0.5, 0.6) is 0 Å². The van der Waals surface area contributed by atoms with Crippen LogP contribution in [0.2, 0.25) is 0 Å². The summed E-state index contributed by atoms with van der Waals surface area (Å²) in [5.41, 5.74) is 0. The van der Waals surface area contributed by atoms with Crippen molar-refractivity contribution < 1.29 is 24.2 Å². The quantitative estimate of drug-likeness (QED) is 0.563. The molecule has 0 fully saturated rings. The average molecular weight is 223 g/mol. The summed E-state index contributed by atoms with van der Waals surface area (Å²) >= 11 is 0. The Morgan fingerprint density at radius 3 is 2.29 bits per heavy atom. The number of rotatable bonds is 5. The number of nitrogens with one attached hydrogen (secondary N) is 1. The minimum absolute atomic E-state index is 0.0425. The second-order valence-electron chi connectivity index (χ2n) is 3.15. The van der Waals surface area contributed by atoms with E-state index in [4.69, 9.17) is 10.00 Å². The normalized spacial score (nSPS) is 16.8. The summed E-state index contributed by atoms with van der Waals surface area (Å²) < 4.78 is 10.9. The largest absolute Gasteiger partial charge is 0.480 e. The molecule has 0 aromatic rings. The van der Waals surface area contributed by atoms with Gasteiger partial charge in [0.05, 0.1) is 0 Å². The Bertz CT molecular complexity index is 271. The molecular weight excluding hydrogens is 209 g/mol. The Morgan fingerprint density at radius 1 is 1.50 bits per heavy atom. The van der Waals surface area contributed by atoms with Crippen LogP contribution in [-0.4, -0.2) is 40.7 Å². The maximum Gasteiger partial charge on any atom is 0.326 e. The van der Waals surface area contributed by atoms with Crippen molar-refractivity contribution in [1.82, 2.24) is 5.32 Å². The van der Waals surface area contributed by atoms with Gasteiger partial charge in [-0.15, -0.1) is 0 Å². The average Bonchev–Trinajstić information content (AvgIpc) is 1.94. The number of hydrogen-bond donors (Lipinski definition) is 3. The van der Waals surface area contributed by atoms with Crippen molar-refractivity contribution in [2.75, 3.05) is 12.8 Å². The number of hydrogen-bond acceptors (Lipinski definition) is 3. The van der Waals surface area contributed by atoms with E-state index in [0.717, 1.165) is 6.66 Å². The van der Waals surface area contributed by atoms with Gasteiger partial charge >= 0.3 is 5.97 Å². The molecule has 1 amide bonds. The lowest BCUT2D eigenvalue weighted by molar-refractivity contribution is -0.141. The Kier molecular flexibility index (Phi) is 4.80. The van der Waals surface area contributed by atoms with Gasteiger partial charge in [-0.25, -0.2) is 4.79 Å². The molecular formula is C7H14NO5P. The fourth-order valence-corrected chi connectivity index (χ4v) is 1.61. The topological polar surface area (TPSA) is 104 Å². The van der Waals surface area contributed by atoms with Crippen molar-refractivity contribution in [3.05, 3.63) is 0 Å². The second kappa shape index (κ2) is 5.12. The molecule has 14 heavy (non-hydrogen) atoms. The van der Waals surface area contributed by atoms with Gasteiger partial charge in [-0.2, -0.15) is 0 Å². The smallest absolute Gasteiger partial charge is 0.326 e. The lowest BCUT2D eigenvalue weighted by Gasteiger charge is -2.13. The van der Waals surface area contributed by atoms with E-state index in [1.54, 1.807) is 0 Å². The summed E-state index contributed by atoms with van der Waals surface area (Å²) in [5, 5.41) is 10.8. The van der Waals surface area contributed by atoms with Crippen molar-refractivity contribution in [3.63, 3.8) is 0 Å². The molecule has 0 saturated heterocycles. The summed E-state index contributed by atoms with van der Waals surface area (Å²) in [6.07, 6.45) is -0.163. The van der Waals surface area contributed by atoms with Gasteiger partial charge in [0.25, 0.3) is 0 Å². The molecule has 7 heteroatoms. The van der Waals surface area contributed by atoms with Crippen LogP contribution in [0.1, 0.15) is 13.3 Å². The molecule has 0 aliphatic carbocycles. The summed E-state index contributed by atoms with van der Waals surface area (Å²) in [6, 6.07) is -1.09. The van der Waals surface area contributed by atoms with E-state index in [-0.39, 0.29) is 12.6 Å². The van der Waals surface area contributed by atoms with Crippen LogP contribution >= 0.6 is 7.37 Å². The maximum atomic E-state index is 10.9. The third-order valence-corrected chi connectivity index (χ3v) is 2.60. The Hall–Kier alpha value is -0.870. The highest BCUT2D eigenvalue weighted by Gasteiger charge is 2.21. The molecule has 0 rings (SSSR count). The van der Waals surface area contributed by atoms with Crippen LogP contribution in [-0.2, 0) is 14.2 Å². The molecule has 0 spiro atoms. The van der Waals surface area contributed by atoms with Crippen molar-refractivity contribution in [3.8, 4) is 0 Å². The summed E-state index contributed by atoms with van der Waals surface area (Å²) in [4.78, 5) is 30.1. The maximum absolute atomic E-state index is 10.9. The lowest BCUT2D eigenvalue weighted by Crippen LogP contribution is -2.40. The van der Waals surface area contributed by atoms with Gasteiger partial charge in [0.15, 0.2) is 7.37 Å². The van der Waals surface area contributed by atoms with Gasteiger partial charge in [-0.1, -0.05) is 0 Å². The van der Waals surface area contributed by atoms with Gasteiger partial charge < -0.3 is 15.3 Å². The van der Waals surface area contributed by atoms with Gasteiger partial charge in [0, 0.05) is 19.8 Å². The number of amides is 1. The first-order chi connectivity index (χ1) is 6.22. The van der Waals surface area contributed by atoms with E-state index in [2.05, 4.69) is 5.32 Å². The van der Waals surface area contributed by atoms with Crippen LogP contribution in [0, 0.1) is 0 Å². The number of carbonyl (C=O) groups excluding carboxylic acids is 1. The van der Waals surface area contributed by atoms with Crippen LogP contribution < -0.4 is 5.32 Å². The number of aliphatic carboxylic acids is 1. The highest BCUT2D eigenvalue weighted by Crippen LogP contribution is 2.35. The first-order valence-corrected chi connectivity index (χ1v) is 6.31. The van der Waals surface area contributed by atoms with Crippen molar-refractivity contribution >= 4 is 19.2 Å². The Balaban J connectivity index is 4.18. The monoisotopic (exact) mass is 223 g/mol. The van der Waals surface area contributed by atoms with E-state index in [1.165, 1.54) is 6.92 Å². The standard InChI is InChI=1S/C7H14NO5P/c1-5(9)8-6(7(10)11)3-4-14(2,12)13/h6H,3-4H2,1-2H3,(H,8,9)(H,10,11)(H,12,13)/t6-/m0/s1. The molecule has 2 atom stereocenters. The molecule has 82 valence electrons. The van der Waals surface area contributed by atoms with E-state index < -0.39 is 25.3 Å². The van der Waals surface area contributed by atoms with Gasteiger partial charge in [0.1, 0.15) is 6.04 Å². The minimum Gasteiger partial charge on any atom is -0.480 e. The molecule has 1 unspecified atom stereocenters. The molecule has 0 aliphatic rings. The Labute approximate surface area is 81.8 Å². The SMILES string of the molecule is CC(=O)N[C@@H](CCP(C)(=O)O)C(=O)O. The van der Waals surface area contributed by atoms with Crippen molar-refractivity contribution in [1.29, 1.82) is 0 Å². The summed E-state index contributed by atoms with van der Waals surface area (Å²) in [6.45, 7) is 2.35. The zero-order chi connectivity index (χ0) is 11.4. The predicted molar refractivity (Wildman–Crippen MR) is 50.5 cm³/mol. The van der Waals surface area contributed by atoms with E-state index >= 15 is 0 Å². The van der Waals surface area contributed by atoms with Crippen LogP contribution in [0.4, 0.5) is 0 Å². The summed E-state index contributed by atoms with van der Waals surface area (Å²) in [5.74, 6) is -1.67. The number of carboxylic acid groups (broad SMARTS) is 1. The number of carbonyl (C=O) groups is 2. The number of carboxylic acids is 1. The molecule has 0 radical (unpaired) electrons. The first-order valence-electron chi connectivity index (χ1n) is 4.01. The fourth-order valence-electron chi connectivity index (χ4n) is 0.871. The second-order valence-corrected chi connectivity index (χ2v) is 5.70. The molecule has 0 aromatic heterocycles. The molecule has 6 nitrogen and oxygen atoms in total. The molecule has 0 aliphatic heterocycles. The van der Waals surface area contributed by atoms with Crippen molar-refractivity contribution in [2.24, 2.45) is 0 Å². The predicted octanol–water partition coefficient (Wildman–Crippen LogP) is -0.134. The third-order valence-electron chi connectivity index (χ3n) is 1.51. The highest BCUT2D eigenvalue weighted by atomic mass is 31.2. The van der Waals surface area contributed by atoms with Crippen LogP contribution in [0.3, 0.4) is 0 Å². The van der Waals surface area contributed by atoms with E-state index in [0.29, 0.717) is 0 Å². The fraction of sp³-hybridized carbons (Fsp3) is 0.714. The van der Waals surface area contributed by atoms with Gasteiger partial charge in [-0.05, 0) is 6.42 Å². The minimum atomic E-state index is -3.22. The lowest BCUT2D eigenvalue weighted by atomic mass is 10.2. The molecule has 0 aromatic carbocycles. The van der Waals surface area contributed by atoms with Crippen LogP contribution in [0.25, 0.3) is 0 Å². The summed E-state index contributed by atoms with van der Waals surface area (Å²) in [7, 11) is -3.22. The van der Waals surface area contributed by atoms with Crippen LogP contribution in [0.15, 0.2) is 0 Å². The molecule has 3 N–H and O–H groups in total. The first kappa shape index (κ1) is 13.1. The molecule has 0 heterocycles.